The Balaban J connectivity index is 1.72. The van der Waals surface area contributed by atoms with Gasteiger partial charge in [-0.05, 0) is 30.9 Å². The largest absolute Gasteiger partial charge is 0.394 e. The zero-order valence-electron chi connectivity index (χ0n) is 15.3. The van der Waals surface area contributed by atoms with Gasteiger partial charge >= 0.3 is 6.03 Å². The molecule has 2 amide bonds. The first-order valence-electron chi connectivity index (χ1n) is 9.51. The summed E-state index contributed by atoms with van der Waals surface area (Å²) in [4.78, 5) is 14.2. The number of carbonyl (C=O) groups is 1. The van der Waals surface area contributed by atoms with Crippen molar-refractivity contribution in [3.63, 3.8) is 0 Å². The van der Waals surface area contributed by atoms with Crippen LogP contribution in [0.4, 0.5) is 4.79 Å². The van der Waals surface area contributed by atoms with Gasteiger partial charge in [0.2, 0.25) is 0 Å². The molecule has 1 aliphatic heterocycles. The second-order valence-electron chi connectivity index (χ2n) is 7.21. The van der Waals surface area contributed by atoms with E-state index in [4.69, 9.17) is 0 Å². The minimum Gasteiger partial charge on any atom is -0.394 e. The number of urea groups is 1. The lowest BCUT2D eigenvalue weighted by Crippen LogP contribution is -2.67. The number of aliphatic hydroxyl groups excluding tert-OH is 1. The summed E-state index contributed by atoms with van der Waals surface area (Å²) in [5.74, 6) is -0.151. The van der Waals surface area contributed by atoms with Gasteiger partial charge in [-0.1, -0.05) is 55.7 Å². The van der Waals surface area contributed by atoms with Crippen molar-refractivity contribution in [1.29, 1.82) is 5.26 Å². The van der Waals surface area contributed by atoms with Crippen LogP contribution in [-0.4, -0.2) is 40.8 Å². The SMILES string of the molecule is C/C=C/c1ccc([C@H]2[C@@H](C#N)N(C(=O)NC3CCCCC3)[C@H]2CO)cc1. The summed E-state index contributed by atoms with van der Waals surface area (Å²) in [6.07, 6.45) is 9.48. The highest BCUT2D eigenvalue weighted by Crippen LogP contribution is 2.40. The van der Waals surface area contributed by atoms with Crippen LogP contribution in [0.2, 0.25) is 0 Å². The van der Waals surface area contributed by atoms with Gasteiger partial charge in [0, 0.05) is 12.0 Å². The van der Waals surface area contributed by atoms with Gasteiger partial charge < -0.3 is 15.3 Å². The van der Waals surface area contributed by atoms with Crippen molar-refractivity contribution in [1.82, 2.24) is 10.2 Å². The fourth-order valence-electron chi connectivity index (χ4n) is 4.20. The second-order valence-corrected chi connectivity index (χ2v) is 7.21. The van der Waals surface area contributed by atoms with Crippen LogP contribution in [0, 0.1) is 11.3 Å². The normalized spacial score (nSPS) is 26.3. The molecule has 3 rings (SSSR count). The van der Waals surface area contributed by atoms with Crippen LogP contribution < -0.4 is 5.32 Å². The molecule has 1 aliphatic carbocycles. The molecule has 1 aromatic carbocycles. The maximum absolute atomic E-state index is 12.7. The van der Waals surface area contributed by atoms with Crippen molar-refractivity contribution in [2.45, 2.75) is 63.1 Å². The Kier molecular flexibility index (Phi) is 5.95. The standard InChI is InChI=1S/C21H27N3O2/c1-2-6-15-9-11-16(12-10-15)20-18(13-22)24(19(20)14-25)21(26)23-17-7-4-3-5-8-17/h2,6,9-12,17-20,25H,3-5,7-8,14H2,1H3,(H,23,26)/b6-2+/t18-,19+,20+/m1/s1. The molecule has 0 bridgehead atoms. The highest BCUT2D eigenvalue weighted by Gasteiger charge is 2.51. The van der Waals surface area contributed by atoms with E-state index < -0.39 is 6.04 Å². The van der Waals surface area contributed by atoms with E-state index in [1.807, 2.05) is 43.3 Å². The number of amides is 2. The van der Waals surface area contributed by atoms with Crippen LogP contribution in [0.5, 0.6) is 0 Å². The van der Waals surface area contributed by atoms with Gasteiger partial charge in [-0.2, -0.15) is 5.26 Å². The minimum absolute atomic E-state index is 0.141. The number of rotatable bonds is 4. The summed E-state index contributed by atoms with van der Waals surface area (Å²) in [6.45, 7) is 1.83. The first-order chi connectivity index (χ1) is 12.7. The average Bonchev–Trinajstić information content (AvgIpc) is 2.64. The Morgan fingerprint density at radius 2 is 2.00 bits per heavy atom. The van der Waals surface area contributed by atoms with Crippen molar-refractivity contribution in [2.24, 2.45) is 0 Å². The molecule has 26 heavy (non-hydrogen) atoms. The molecule has 2 aliphatic rings. The molecule has 0 spiro atoms. The van der Waals surface area contributed by atoms with Crippen molar-refractivity contribution in [3.05, 3.63) is 41.5 Å². The number of allylic oxidation sites excluding steroid dienone is 1. The molecule has 3 atom stereocenters. The first kappa shape index (κ1) is 18.5. The molecular formula is C21H27N3O2. The van der Waals surface area contributed by atoms with Gasteiger partial charge in [0.1, 0.15) is 6.04 Å². The Labute approximate surface area is 155 Å². The maximum atomic E-state index is 12.7. The quantitative estimate of drug-likeness (QED) is 0.871. The van der Waals surface area contributed by atoms with E-state index in [0.29, 0.717) is 0 Å². The van der Waals surface area contributed by atoms with Crippen LogP contribution in [0.15, 0.2) is 30.3 Å². The van der Waals surface area contributed by atoms with Gasteiger partial charge in [-0.15, -0.1) is 0 Å². The molecule has 138 valence electrons. The van der Waals surface area contributed by atoms with Gasteiger partial charge in [0.25, 0.3) is 0 Å². The third-order valence-corrected chi connectivity index (χ3v) is 5.58. The number of hydrogen-bond acceptors (Lipinski definition) is 3. The van der Waals surface area contributed by atoms with E-state index in [1.165, 1.54) is 11.3 Å². The number of nitriles is 1. The number of nitrogens with one attached hydrogen (secondary N) is 1. The Morgan fingerprint density at radius 3 is 2.58 bits per heavy atom. The summed E-state index contributed by atoms with van der Waals surface area (Å²) in [5.41, 5.74) is 2.09. The zero-order valence-corrected chi connectivity index (χ0v) is 15.3. The summed E-state index contributed by atoms with van der Waals surface area (Å²) in [7, 11) is 0. The van der Waals surface area contributed by atoms with E-state index in [1.54, 1.807) is 0 Å². The number of nitrogens with zero attached hydrogens (tertiary/aromatic N) is 2. The molecule has 1 saturated heterocycles. The summed E-state index contributed by atoms with van der Waals surface area (Å²) >= 11 is 0. The highest BCUT2D eigenvalue weighted by molar-refractivity contribution is 5.77. The number of likely N-dealkylation sites (tertiary alicyclic amines) is 1. The lowest BCUT2D eigenvalue weighted by molar-refractivity contribution is 0.0153. The third-order valence-electron chi connectivity index (χ3n) is 5.58. The second kappa shape index (κ2) is 8.37. The fraction of sp³-hybridized carbons (Fsp3) is 0.524. The molecule has 5 heteroatoms. The van der Waals surface area contributed by atoms with E-state index in [9.17, 15) is 15.2 Å². The Morgan fingerprint density at radius 1 is 1.31 bits per heavy atom. The number of aliphatic hydroxyl groups is 1. The minimum atomic E-state index is -0.539. The van der Waals surface area contributed by atoms with Crippen LogP contribution in [0.1, 0.15) is 56.1 Å². The van der Waals surface area contributed by atoms with Crippen LogP contribution in [-0.2, 0) is 0 Å². The molecule has 0 unspecified atom stereocenters. The lowest BCUT2D eigenvalue weighted by Gasteiger charge is -2.51. The highest BCUT2D eigenvalue weighted by atomic mass is 16.3. The zero-order chi connectivity index (χ0) is 18.5. The number of carbonyl (C=O) groups excluding carboxylic acids is 1. The molecule has 2 fully saturated rings. The number of hydrogen-bond donors (Lipinski definition) is 2. The molecule has 0 aromatic heterocycles. The van der Waals surface area contributed by atoms with Gasteiger partial charge in [0.05, 0.1) is 18.7 Å². The average molecular weight is 353 g/mol. The van der Waals surface area contributed by atoms with E-state index in [0.717, 1.165) is 36.8 Å². The summed E-state index contributed by atoms with van der Waals surface area (Å²) < 4.78 is 0. The molecule has 1 saturated carbocycles. The summed E-state index contributed by atoms with van der Waals surface area (Å²) in [6, 6.07) is 9.33. The molecule has 0 radical (unpaired) electrons. The Hall–Kier alpha value is -2.32. The molecule has 5 nitrogen and oxygen atoms in total. The lowest BCUT2D eigenvalue weighted by atomic mass is 9.76. The van der Waals surface area contributed by atoms with E-state index in [-0.39, 0.29) is 30.6 Å². The van der Waals surface area contributed by atoms with Crippen molar-refractivity contribution in [2.75, 3.05) is 6.61 Å². The van der Waals surface area contributed by atoms with Crippen LogP contribution >= 0.6 is 0 Å². The van der Waals surface area contributed by atoms with Crippen molar-refractivity contribution in [3.8, 4) is 6.07 Å². The van der Waals surface area contributed by atoms with Crippen molar-refractivity contribution >= 4 is 12.1 Å². The predicted octanol–water partition coefficient (Wildman–Crippen LogP) is 3.41. The maximum Gasteiger partial charge on any atom is 0.319 e. The Bertz CT molecular complexity index is 686. The van der Waals surface area contributed by atoms with Crippen LogP contribution in [0.3, 0.4) is 0 Å². The van der Waals surface area contributed by atoms with Crippen LogP contribution in [0.25, 0.3) is 6.08 Å². The van der Waals surface area contributed by atoms with Gasteiger partial charge in [-0.25, -0.2) is 4.79 Å². The van der Waals surface area contributed by atoms with E-state index >= 15 is 0 Å². The molecule has 1 heterocycles. The number of benzene rings is 1. The predicted molar refractivity (Wildman–Crippen MR) is 101 cm³/mol. The van der Waals surface area contributed by atoms with Gasteiger partial charge in [-0.3, -0.25) is 0 Å². The van der Waals surface area contributed by atoms with E-state index in [2.05, 4.69) is 11.4 Å². The molecular weight excluding hydrogens is 326 g/mol. The smallest absolute Gasteiger partial charge is 0.319 e. The topological polar surface area (TPSA) is 76.4 Å². The third kappa shape index (κ3) is 3.61. The monoisotopic (exact) mass is 353 g/mol. The van der Waals surface area contributed by atoms with Crippen molar-refractivity contribution < 1.29 is 9.90 Å². The first-order valence-corrected chi connectivity index (χ1v) is 9.51. The van der Waals surface area contributed by atoms with Gasteiger partial charge in [0.15, 0.2) is 0 Å². The molecule has 2 N–H and O–H groups in total. The molecule has 1 aromatic rings. The fourth-order valence-corrected chi connectivity index (χ4v) is 4.20. The summed E-state index contributed by atoms with van der Waals surface area (Å²) in [5, 5.41) is 22.5.